The summed E-state index contributed by atoms with van der Waals surface area (Å²) in [6, 6.07) is 3.30. The van der Waals surface area contributed by atoms with Crippen molar-refractivity contribution >= 4 is 26.0 Å². The highest BCUT2D eigenvalue weighted by Gasteiger charge is 2.32. The fourth-order valence-corrected chi connectivity index (χ4v) is 3.36. The predicted molar refractivity (Wildman–Crippen MR) is 74.2 cm³/mol. The van der Waals surface area contributed by atoms with Gasteiger partial charge in [0, 0.05) is 11.4 Å². The monoisotopic (exact) mass is 373 g/mol. The molecule has 0 aliphatic carbocycles. The lowest BCUT2D eigenvalue weighted by Gasteiger charge is -2.19. The molecule has 0 spiro atoms. The van der Waals surface area contributed by atoms with E-state index in [4.69, 9.17) is 0 Å². The van der Waals surface area contributed by atoms with Crippen molar-refractivity contribution in [2.75, 3.05) is 5.33 Å². The third-order valence-corrected chi connectivity index (χ3v) is 5.49. The Morgan fingerprint density at radius 3 is 2.40 bits per heavy atom. The van der Waals surface area contributed by atoms with Crippen LogP contribution in [0.4, 0.5) is 13.2 Å². The minimum absolute atomic E-state index is 0.00979. The third-order valence-electron chi connectivity index (χ3n) is 2.91. The molecule has 8 heteroatoms. The molecular formula is C12H15BrF3NO2S. The molecule has 0 heterocycles. The van der Waals surface area contributed by atoms with Gasteiger partial charge in [-0.2, -0.15) is 13.2 Å². The van der Waals surface area contributed by atoms with Gasteiger partial charge in [-0.05, 0) is 31.0 Å². The molecule has 114 valence electrons. The topological polar surface area (TPSA) is 46.2 Å². The molecule has 0 amide bonds. The zero-order chi connectivity index (χ0) is 15.6. The highest BCUT2D eigenvalue weighted by Crippen LogP contribution is 2.30. The van der Waals surface area contributed by atoms with Crippen LogP contribution in [0.2, 0.25) is 0 Å². The largest absolute Gasteiger partial charge is 0.416 e. The van der Waals surface area contributed by atoms with E-state index in [0.717, 1.165) is 18.2 Å². The van der Waals surface area contributed by atoms with Crippen molar-refractivity contribution in [1.29, 1.82) is 0 Å². The lowest BCUT2D eigenvalue weighted by Crippen LogP contribution is -2.37. The summed E-state index contributed by atoms with van der Waals surface area (Å²) in [4.78, 5) is -0.388. The van der Waals surface area contributed by atoms with Crippen LogP contribution in [0.3, 0.4) is 0 Å². The molecule has 0 saturated heterocycles. The maximum atomic E-state index is 12.6. The molecule has 1 rings (SSSR count). The molecule has 1 aromatic carbocycles. The van der Waals surface area contributed by atoms with E-state index in [1.54, 1.807) is 6.92 Å². The van der Waals surface area contributed by atoms with Gasteiger partial charge in [0.1, 0.15) is 0 Å². The summed E-state index contributed by atoms with van der Waals surface area (Å²) in [5, 5.41) is 0.583. The molecule has 0 aromatic heterocycles. The average molecular weight is 374 g/mol. The molecule has 3 nitrogen and oxygen atoms in total. The first-order chi connectivity index (χ1) is 9.08. The molecule has 1 N–H and O–H groups in total. The van der Waals surface area contributed by atoms with E-state index < -0.39 is 27.8 Å². The molecular weight excluding hydrogens is 359 g/mol. The van der Waals surface area contributed by atoms with Crippen LogP contribution in [0.5, 0.6) is 0 Å². The number of halogens is 4. The number of rotatable bonds is 5. The van der Waals surface area contributed by atoms with Gasteiger partial charge in [-0.1, -0.05) is 28.9 Å². The highest BCUT2D eigenvalue weighted by atomic mass is 79.9. The van der Waals surface area contributed by atoms with Crippen LogP contribution in [0.15, 0.2) is 29.2 Å². The van der Waals surface area contributed by atoms with Crippen LogP contribution >= 0.6 is 15.9 Å². The Balaban J connectivity index is 3.05. The summed E-state index contributed by atoms with van der Waals surface area (Å²) in [5.74, 6) is 0.00979. The number of hydrogen-bond acceptors (Lipinski definition) is 2. The van der Waals surface area contributed by atoms with Gasteiger partial charge in [-0.15, -0.1) is 0 Å². The average Bonchev–Trinajstić information content (AvgIpc) is 2.36. The Labute approximate surface area is 124 Å². The van der Waals surface area contributed by atoms with Gasteiger partial charge in [-0.25, -0.2) is 13.1 Å². The second-order valence-corrected chi connectivity index (χ2v) is 6.93. The lowest BCUT2D eigenvalue weighted by atomic mass is 10.1. The number of benzene rings is 1. The van der Waals surface area contributed by atoms with E-state index >= 15 is 0 Å². The Bertz CT molecular complexity index is 560. The fraction of sp³-hybridized carbons (Fsp3) is 0.500. The standard InChI is InChI=1S/C12H15BrF3NO2S/c1-8(7-13)9(2)17-20(18,19)11-5-3-4-10(6-11)12(14,15)16/h3-6,8-9,17H,7H2,1-2H3. The molecule has 2 atom stereocenters. The molecule has 0 fully saturated rings. The van der Waals surface area contributed by atoms with Crippen molar-refractivity contribution in [2.24, 2.45) is 5.92 Å². The van der Waals surface area contributed by atoms with Crippen LogP contribution in [-0.4, -0.2) is 19.8 Å². The quantitative estimate of drug-likeness (QED) is 0.803. The molecule has 0 aliphatic heterocycles. The summed E-state index contributed by atoms with van der Waals surface area (Å²) in [7, 11) is -3.97. The van der Waals surface area contributed by atoms with Gasteiger partial charge in [0.2, 0.25) is 10.0 Å². The van der Waals surface area contributed by atoms with Gasteiger partial charge in [0.15, 0.2) is 0 Å². The number of alkyl halides is 4. The second kappa shape index (κ2) is 6.44. The number of nitrogens with one attached hydrogen (secondary N) is 1. The van der Waals surface area contributed by atoms with E-state index in [-0.39, 0.29) is 10.8 Å². The molecule has 0 aliphatic rings. The van der Waals surface area contributed by atoms with Crippen LogP contribution in [0, 0.1) is 5.92 Å². The minimum Gasteiger partial charge on any atom is -0.208 e. The third kappa shape index (κ3) is 4.46. The van der Waals surface area contributed by atoms with Gasteiger partial charge in [-0.3, -0.25) is 0 Å². The summed E-state index contributed by atoms with van der Waals surface area (Å²) in [6.07, 6.45) is -4.57. The van der Waals surface area contributed by atoms with Crippen molar-refractivity contribution in [1.82, 2.24) is 4.72 Å². The maximum Gasteiger partial charge on any atom is 0.416 e. The maximum absolute atomic E-state index is 12.6. The summed E-state index contributed by atoms with van der Waals surface area (Å²) in [6.45, 7) is 3.49. The number of hydrogen-bond donors (Lipinski definition) is 1. The summed E-state index contributed by atoms with van der Waals surface area (Å²) < 4.78 is 64.2. The van der Waals surface area contributed by atoms with Crippen LogP contribution < -0.4 is 4.72 Å². The van der Waals surface area contributed by atoms with Crippen LogP contribution in [-0.2, 0) is 16.2 Å². The summed E-state index contributed by atoms with van der Waals surface area (Å²) in [5.41, 5.74) is -0.985. The SMILES string of the molecule is CC(CBr)C(C)NS(=O)(=O)c1cccc(C(F)(F)F)c1. The van der Waals surface area contributed by atoms with E-state index in [1.165, 1.54) is 0 Å². The van der Waals surface area contributed by atoms with Crippen molar-refractivity contribution in [3.05, 3.63) is 29.8 Å². The molecule has 0 radical (unpaired) electrons. The van der Waals surface area contributed by atoms with E-state index in [9.17, 15) is 21.6 Å². The normalized spacial score (nSPS) is 15.9. The minimum atomic E-state index is -4.57. The first-order valence-corrected chi connectivity index (χ1v) is 8.44. The van der Waals surface area contributed by atoms with Crippen molar-refractivity contribution in [2.45, 2.75) is 31.0 Å². The van der Waals surface area contributed by atoms with Crippen molar-refractivity contribution in [3.8, 4) is 0 Å². The zero-order valence-electron chi connectivity index (χ0n) is 10.9. The lowest BCUT2D eigenvalue weighted by molar-refractivity contribution is -0.137. The van der Waals surface area contributed by atoms with Gasteiger partial charge in [0.05, 0.1) is 10.5 Å². The molecule has 0 saturated carbocycles. The Morgan fingerprint density at radius 1 is 1.30 bits per heavy atom. The Hall–Kier alpha value is -0.600. The Kier molecular flexibility index (Phi) is 5.62. The van der Waals surface area contributed by atoms with E-state index in [0.29, 0.717) is 11.4 Å². The first-order valence-electron chi connectivity index (χ1n) is 5.83. The summed E-state index contributed by atoms with van der Waals surface area (Å²) >= 11 is 3.23. The van der Waals surface area contributed by atoms with E-state index in [2.05, 4.69) is 20.7 Å². The second-order valence-electron chi connectivity index (χ2n) is 4.57. The molecule has 1 aromatic rings. The van der Waals surface area contributed by atoms with Gasteiger partial charge >= 0.3 is 6.18 Å². The zero-order valence-corrected chi connectivity index (χ0v) is 13.3. The van der Waals surface area contributed by atoms with Crippen molar-refractivity contribution in [3.63, 3.8) is 0 Å². The fourth-order valence-electron chi connectivity index (χ4n) is 1.40. The predicted octanol–water partition coefficient (Wildman–Crippen LogP) is 3.40. The van der Waals surface area contributed by atoms with Gasteiger partial charge in [0.25, 0.3) is 0 Å². The first kappa shape index (κ1) is 17.5. The van der Waals surface area contributed by atoms with Crippen molar-refractivity contribution < 1.29 is 21.6 Å². The molecule has 0 bridgehead atoms. The van der Waals surface area contributed by atoms with E-state index in [1.807, 2.05) is 6.92 Å². The Morgan fingerprint density at radius 2 is 1.90 bits per heavy atom. The molecule has 20 heavy (non-hydrogen) atoms. The smallest absolute Gasteiger partial charge is 0.208 e. The van der Waals surface area contributed by atoms with Gasteiger partial charge < -0.3 is 0 Å². The highest BCUT2D eigenvalue weighted by molar-refractivity contribution is 9.09. The molecule has 2 unspecified atom stereocenters. The number of sulfonamides is 1. The van der Waals surface area contributed by atoms with Crippen LogP contribution in [0.25, 0.3) is 0 Å². The van der Waals surface area contributed by atoms with Crippen LogP contribution in [0.1, 0.15) is 19.4 Å².